The predicted octanol–water partition coefficient (Wildman–Crippen LogP) is 3.76. The highest BCUT2D eigenvalue weighted by atomic mass is 35.5. The Labute approximate surface area is 107 Å². The molecule has 0 saturated heterocycles. The summed E-state index contributed by atoms with van der Waals surface area (Å²) in [5.41, 5.74) is 0. The largest absolute Gasteiger partial charge is 0.488 e. The Morgan fingerprint density at radius 3 is 2.50 bits per heavy atom. The molecule has 1 rings (SSSR count). The zero-order valence-electron chi connectivity index (χ0n) is 9.76. The van der Waals surface area contributed by atoms with Crippen molar-refractivity contribution in [1.82, 2.24) is 5.32 Å². The van der Waals surface area contributed by atoms with Crippen LogP contribution in [0.5, 0.6) is 5.75 Å². The fourth-order valence-electron chi connectivity index (χ4n) is 1.23. The Bertz CT molecular complexity index is 342. The van der Waals surface area contributed by atoms with Gasteiger partial charge in [0, 0.05) is 17.6 Å². The van der Waals surface area contributed by atoms with Crippen LogP contribution in [0.3, 0.4) is 0 Å². The van der Waals surface area contributed by atoms with Gasteiger partial charge in [-0.05, 0) is 25.1 Å². The Morgan fingerprint density at radius 1 is 1.25 bits per heavy atom. The summed E-state index contributed by atoms with van der Waals surface area (Å²) >= 11 is 11.8. The Hall–Kier alpha value is -0.440. The second-order valence-electron chi connectivity index (χ2n) is 4.07. The van der Waals surface area contributed by atoms with Crippen molar-refractivity contribution in [1.29, 1.82) is 0 Å². The molecule has 1 atom stereocenters. The second-order valence-corrected chi connectivity index (χ2v) is 4.91. The Kier molecular flexibility index (Phi) is 5.39. The third-order valence-electron chi connectivity index (χ3n) is 2.04. The minimum Gasteiger partial charge on any atom is -0.488 e. The Balaban J connectivity index is 2.52. The summed E-state index contributed by atoms with van der Waals surface area (Å²) < 4.78 is 5.70. The molecular weight excluding hydrogens is 245 g/mol. The maximum Gasteiger partial charge on any atom is 0.138 e. The van der Waals surface area contributed by atoms with Crippen LogP contribution >= 0.6 is 23.2 Å². The average Bonchev–Trinajstić information content (AvgIpc) is 2.19. The molecule has 0 bridgehead atoms. The molecule has 0 aromatic heterocycles. The van der Waals surface area contributed by atoms with Gasteiger partial charge in [0.2, 0.25) is 0 Å². The summed E-state index contributed by atoms with van der Waals surface area (Å²) in [6.45, 7) is 6.99. The molecule has 2 nitrogen and oxygen atoms in total. The van der Waals surface area contributed by atoms with Gasteiger partial charge in [-0.3, -0.25) is 0 Å². The maximum atomic E-state index is 6.01. The first kappa shape index (κ1) is 13.6. The van der Waals surface area contributed by atoms with E-state index in [0.717, 1.165) is 6.54 Å². The van der Waals surface area contributed by atoms with Crippen molar-refractivity contribution in [3.63, 3.8) is 0 Å². The predicted molar refractivity (Wildman–Crippen MR) is 69.7 cm³/mol. The maximum absolute atomic E-state index is 6.01. The smallest absolute Gasteiger partial charge is 0.138 e. The normalized spacial score (nSPS) is 12.9. The number of hydrogen-bond acceptors (Lipinski definition) is 2. The first-order valence-electron chi connectivity index (χ1n) is 5.34. The van der Waals surface area contributed by atoms with Gasteiger partial charge in [0.1, 0.15) is 11.9 Å². The summed E-state index contributed by atoms with van der Waals surface area (Å²) in [5.74, 6) is 0.670. The lowest BCUT2D eigenvalue weighted by Gasteiger charge is -2.17. The van der Waals surface area contributed by atoms with E-state index in [2.05, 4.69) is 19.2 Å². The molecule has 0 aliphatic carbocycles. The summed E-state index contributed by atoms with van der Waals surface area (Å²) in [7, 11) is 0. The van der Waals surface area contributed by atoms with Gasteiger partial charge in [-0.2, -0.15) is 0 Å². The quantitative estimate of drug-likeness (QED) is 0.872. The molecule has 1 aromatic carbocycles. The van der Waals surface area contributed by atoms with Gasteiger partial charge < -0.3 is 10.1 Å². The lowest BCUT2D eigenvalue weighted by Crippen LogP contribution is -2.33. The van der Waals surface area contributed by atoms with Gasteiger partial charge in [-0.25, -0.2) is 0 Å². The monoisotopic (exact) mass is 261 g/mol. The number of nitrogens with one attached hydrogen (secondary N) is 1. The van der Waals surface area contributed by atoms with E-state index in [1.54, 1.807) is 18.2 Å². The van der Waals surface area contributed by atoms with E-state index in [1.165, 1.54) is 0 Å². The van der Waals surface area contributed by atoms with Crippen LogP contribution in [0.25, 0.3) is 0 Å². The molecule has 0 fully saturated rings. The highest BCUT2D eigenvalue weighted by molar-refractivity contribution is 6.35. The first-order valence-corrected chi connectivity index (χ1v) is 6.09. The zero-order chi connectivity index (χ0) is 12.1. The lowest BCUT2D eigenvalue weighted by molar-refractivity contribution is 0.214. The zero-order valence-corrected chi connectivity index (χ0v) is 11.3. The van der Waals surface area contributed by atoms with Crippen molar-refractivity contribution in [2.75, 3.05) is 6.54 Å². The fraction of sp³-hybridized carbons (Fsp3) is 0.500. The topological polar surface area (TPSA) is 21.3 Å². The van der Waals surface area contributed by atoms with Gasteiger partial charge in [0.15, 0.2) is 0 Å². The third kappa shape index (κ3) is 4.60. The molecular formula is C12H17Cl2NO. The van der Waals surface area contributed by atoms with Gasteiger partial charge in [0.25, 0.3) is 0 Å². The SMILES string of the molecule is CC(C)NCC(C)Oc1ccc(Cl)cc1Cl. The van der Waals surface area contributed by atoms with Crippen LogP contribution in [0.1, 0.15) is 20.8 Å². The van der Waals surface area contributed by atoms with Crippen molar-refractivity contribution in [3.8, 4) is 5.75 Å². The molecule has 0 aliphatic rings. The molecule has 0 amide bonds. The van der Waals surface area contributed by atoms with E-state index in [0.29, 0.717) is 21.8 Å². The van der Waals surface area contributed by atoms with Gasteiger partial charge in [-0.15, -0.1) is 0 Å². The summed E-state index contributed by atoms with van der Waals surface area (Å²) in [4.78, 5) is 0. The number of hydrogen-bond donors (Lipinski definition) is 1. The second kappa shape index (κ2) is 6.33. The first-order chi connectivity index (χ1) is 7.49. The van der Waals surface area contributed by atoms with Crippen LogP contribution in [0.2, 0.25) is 10.0 Å². The molecule has 4 heteroatoms. The van der Waals surface area contributed by atoms with E-state index < -0.39 is 0 Å². The average molecular weight is 262 g/mol. The van der Waals surface area contributed by atoms with Crippen LogP contribution in [0, 0.1) is 0 Å². The minimum absolute atomic E-state index is 0.0704. The Morgan fingerprint density at radius 2 is 1.94 bits per heavy atom. The standard InChI is InChI=1S/C12H17Cl2NO/c1-8(2)15-7-9(3)16-12-5-4-10(13)6-11(12)14/h4-6,8-9,15H,7H2,1-3H3. The van der Waals surface area contributed by atoms with Crippen LogP contribution in [-0.2, 0) is 0 Å². The fourth-order valence-corrected chi connectivity index (χ4v) is 1.68. The number of halogens is 2. The van der Waals surface area contributed by atoms with E-state index in [4.69, 9.17) is 27.9 Å². The van der Waals surface area contributed by atoms with Gasteiger partial charge >= 0.3 is 0 Å². The lowest BCUT2D eigenvalue weighted by atomic mass is 10.3. The van der Waals surface area contributed by atoms with Crippen LogP contribution < -0.4 is 10.1 Å². The summed E-state index contributed by atoms with van der Waals surface area (Å²) in [6, 6.07) is 5.69. The molecule has 1 unspecified atom stereocenters. The molecule has 0 saturated carbocycles. The number of rotatable bonds is 5. The summed E-state index contributed by atoms with van der Waals surface area (Å²) in [5, 5.41) is 4.46. The minimum atomic E-state index is 0.0704. The van der Waals surface area contributed by atoms with Crippen molar-refractivity contribution in [3.05, 3.63) is 28.2 Å². The van der Waals surface area contributed by atoms with Crippen molar-refractivity contribution in [2.24, 2.45) is 0 Å². The molecule has 0 spiro atoms. The molecule has 1 N–H and O–H groups in total. The van der Waals surface area contributed by atoms with Crippen molar-refractivity contribution < 1.29 is 4.74 Å². The third-order valence-corrected chi connectivity index (χ3v) is 2.57. The van der Waals surface area contributed by atoms with Crippen LogP contribution in [-0.4, -0.2) is 18.7 Å². The van der Waals surface area contributed by atoms with E-state index in [1.807, 2.05) is 6.92 Å². The van der Waals surface area contributed by atoms with Crippen LogP contribution in [0.15, 0.2) is 18.2 Å². The molecule has 0 heterocycles. The van der Waals surface area contributed by atoms with Gasteiger partial charge in [0.05, 0.1) is 5.02 Å². The highest BCUT2D eigenvalue weighted by Gasteiger charge is 2.08. The highest BCUT2D eigenvalue weighted by Crippen LogP contribution is 2.28. The number of benzene rings is 1. The van der Waals surface area contributed by atoms with E-state index in [9.17, 15) is 0 Å². The summed E-state index contributed by atoms with van der Waals surface area (Å²) in [6.07, 6.45) is 0.0704. The molecule has 0 aliphatic heterocycles. The van der Waals surface area contributed by atoms with E-state index >= 15 is 0 Å². The van der Waals surface area contributed by atoms with E-state index in [-0.39, 0.29) is 6.10 Å². The number of ether oxygens (including phenoxy) is 1. The van der Waals surface area contributed by atoms with Crippen molar-refractivity contribution in [2.45, 2.75) is 32.9 Å². The van der Waals surface area contributed by atoms with Crippen LogP contribution in [0.4, 0.5) is 0 Å². The molecule has 90 valence electrons. The molecule has 0 radical (unpaired) electrons. The van der Waals surface area contributed by atoms with Crippen molar-refractivity contribution >= 4 is 23.2 Å². The van der Waals surface area contributed by atoms with Gasteiger partial charge in [-0.1, -0.05) is 37.0 Å². The molecule has 1 aromatic rings. The molecule has 16 heavy (non-hydrogen) atoms.